The van der Waals surface area contributed by atoms with Crippen molar-refractivity contribution in [2.75, 3.05) is 6.54 Å². The van der Waals surface area contributed by atoms with Crippen molar-refractivity contribution < 1.29 is 29.1 Å². The van der Waals surface area contributed by atoms with Gasteiger partial charge in [0, 0.05) is 29.5 Å². The van der Waals surface area contributed by atoms with Crippen molar-refractivity contribution in [3.63, 3.8) is 0 Å². The molecule has 12 heteroatoms. The third-order valence-electron chi connectivity index (χ3n) is 10.3. The number of likely N-dealkylation sites (tertiary alicyclic amines) is 1. The Hall–Kier alpha value is -3.02. The number of rotatable bonds is 13. The smallest absolute Gasteiger partial charge is 0.289 e. The van der Waals surface area contributed by atoms with Gasteiger partial charge in [0.15, 0.2) is 5.60 Å². The zero-order chi connectivity index (χ0) is 35.3. The summed E-state index contributed by atoms with van der Waals surface area (Å²) in [4.78, 5) is 62.3. The number of aliphatic hydroxyl groups excluding tert-OH is 1. The van der Waals surface area contributed by atoms with Crippen molar-refractivity contribution in [1.29, 1.82) is 0 Å². The summed E-state index contributed by atoms with van der Waals surface area (Å²) in [6, 6.07) is 4.46. The van der Waals surface area contributed by atoms with Crippen LogP contribution in [0.4, 0.5) is 0 Å². The van der Waals surface area contributed by atoms with Gasteiger partial charge in [-0.3, -0.25) is 24.5 Å². The van der Waals surface area contributed by atoms with Crippen LogP contribution in [0, 0.1) is 11.3 Å². The molecule has 2 saturated carbocycles. The number of nitrogens with zero attached hydrogens (tertiary/aromatic N) is 2. The van der Waals surface area contributed by atoms with Gasteiger partial charge in [-0.2, -0.15) is 0 Å². The van der Waals surface area contributed by atoms with E-state index in [9.17, 15) is 24.3 Å². The summed E-state index contributed by atoms with van der Waals surface area (Å²) < 4.78 is 0. The molecule has 1 aromatic carbocycles. The lowest BCUT2D eigenvalue weighted by Gasteiger charge is -2.37. The van der Waals surface area contributed by atoms with E-state index in [0.717, 1.165) is 44.1 Å². The standard InChI is InChI=1S/C37H54ClN5O6/c1-5-11-27(31(45)34(47)39-26-16-17-26)40-33(46)29-21-37(20-28(42-49-37)24-14-10-15-25(38)19-24)22-43(29)35(48)32(36(2,3)4)41-30(44)18-23-12-8-6-7-9-13-23/h10,14-15,19,23,26-27,29-30,32,41,44H,5-9,11-13,16-18,20-22H2,1-4H3,(H,39,47)(H,40,46)/t27-,29-,30-,32+,37+/m0/s1. The van der Waals surface area contributed by atoms with Crippen molar-refractivity contribution in [2.24, 2.45) is 16.5 Å². The molecule has 0 unspecified atom stereocenters. The van der Waals surface area contributed by atoms with E-state index in [1.807, 2.05) is 39.8 Å². The Morgan fingerprint density at radius 1 is 1.10 bits per heavy atom. The highest BCUT2D eigenvalue weighted by Gasteiger charge is 2.55. The van der Waals surface area contributed by atoms with E-state index in [1.165, 1.54) is 17.7 Å². The Morgan fingerprint density at radius 3 is 2.45 bits per heavy atom. The van der Waals surface area contributed by atoms with Crippen LogP contribution >= 0.6 is 11.6 Å². The molecule has 3 amide bonds. The molecule has 2 aliphatic carbocycles. The molecular formula is C37H54ClN5O6. The predicted octanol–water partition coefficient (Wildman–Crippen LogP) is 4.62. The Bertz CT molecular complexity index is 1400. The van der Waals surface area contributed by atoms with Crippen molar-refractivity contribution in [3.05, 3.63) is 34.9 Å². The first-order valence-corrected chi connectivity index (χ1v) is 18.6. The van der Waals surface area contributed by atoms with Crippen molar-refractivity contribution in [1.82, 2.24) is 20.9 Å². The van der Waals surface area contributed by atoms with Crippen LogP contribution in [0.25, 0.3) is 0 Å². The molecule has 0 radical (unpaired) electrons. The van der Waals surface area contributed by atoms with E-state index in [0.29, 0.717) is 35.9 Å². The molecule has 1 saturated heterocycles. The van der Waals surface area contributed by atoms with Gasteiger partial charge in [-0.1, -0.05) is 102 Å². The molecule has 3 fully saturated rings. The fourth-order valence-electron chi connectivity index (χ4n) is 7.45. The molecule has 49 heavy (non-hydrogen) atoms. The highest BCUT2D eigenvalue weighted by molar-refractivity contribution is 6.38. The van der Waals surface area contributed by atoms with E-state index in [1.54, 1.807) is 12.1 Å². The number of amides is 3. The number of hydrogen-bond acceptors (Lipinski definition) is 8. The minimum absolute atomic E-state index is 0.00479. The van der Waals surface area contributed by atoms with E-state index in [2.05, 4.69) is 21.1 Å². The predicted molar refractivity (Wildman–Crippen MR) is 188 cm³/mol. The highest BCUT2D eigenvalue weighted by atomic mass is 35.5. The van der Waals surface area contributed by atoms with Crippen molar-refractivity contribution in [3.8, 4) is 0 Å². The van der Waals surface area contributed by atoms with Gasteiger partial charge in [0.1, 0.15) is 12.3 Å². The number of halogens is 1. The number of benzene rings is 1. The number of ketones is 1. The van der Waals surface area contributed by atoms with Crippen LogP contribution in [-0.4, -0.2) is 81.8 Å². The SMILES string of the molecule is CCC[C@H](NC(=O)[C@@H]1C[C@]2(CC(c3cccc(Cl)c3)=NO2)CN1C(=O)[C@@H](N[C@@H](O)CC1CCCCCC1)C(C)(C)C)C(=O)C(=O)NC1CC1. The fourth-order valence-corrected chi connectivity index (χ4v) is 7.64. The number of aliphatic hydroxyl groups is 1. The van der Waals surface area contributed by atoms with Gasteiger partial charge in [0.25, 0.3) is 5.91 Å². The van der Waals surface area contributed by atoms with Gasteiger partial charge >= 0.3 is 0 Å². The van der Waals surface area contributed by atoms with Crippen LogP contribution in [0.3, 0.4) is 0 Å². The molecular weight excluding hydrogens is 646 g/mol. The lowest BCUT2D eigenvalue weighted by Crippen LogP contribution is -2.59. The molecule has 2 aliphatic heterocycles. The fraction of sp³-hybridized carbons (Fsp3) is 0.703. The molecule has 270 valence electrons. The molecule has 0 bridgehead atoms. The Balaban J connectivity index is 1.37. The first-order valence-electron chi connectivity index (χ1n) is 18.2. The van der Waals surface area contributed by atoms with Crippen LogP contribution in [-0.2, 0) is 24.0 Å². The Morgan fingerprint density at radius 2 is 1.82 bits per heavy atom. The zero-order valence-electron chi connectivity index (χ0n) is 29.4. The third-order valence-corrected chi connectivity index (χ3v) is 10.6. The average Bonchev–Trinajstić information content (AvgIpc) is 3.73. The van der Waals surface area contributed by atoms with Crippen LogP contribution in [0.5, 0.6) is 0 Å². The van der Waals surface area contributed by atoms with Crippen LogP contribution in [0.1, 0.15) is 117 Å². The van der Waals surface area contributed by atoms with Crippen LogP contribution in [0.2, 0.25) is 5.02 Å². The summed E-state index contributed by atoms with van der Waals surface area (Å²) in [6.07, 6.45) is 9.52. The van der Waals surface area contributed by atoms with Gasteiger partial charge in [-0.05, 0) is 49.1 Å². The molecule has 5 atom stereocenters. The summed E-state index contributed by atoms with van der Waals surface area (Å²) in [6.45, 7) is 7.76. The second-order valence-electron chi connectivity index (χ2n) is 15.7. The van der Waals surface area contributed by atoms with E-state index in [4.69, 9.17) is 16.4 Å². The first kappa shape index (κ1) is 37.2. The second-order valence-corrected chi connectivity index (χ2v) is 16.2. The summed E-state index contributed by atoms with van der Waals surface area (Å²) in [7, 11) is 0. The summed E-state index contributed by atoms with van der Waals surface area (Å²) in [5, 5.41) is 25.0. The molecule has 11 nitrogen and oxygen atoms in total. The summed E-state index contributed by atoms with van der Waals surface area (Å²) >= 11 is 6.26. The van der Waals surface area contributed by atoms with Crippen molar-refractivity contribution >= 4 is 40.8 Å². The maximum Gasteiger partial charge on any atom is 0.289 e. The van der Waals surface area contributed by atoms with Gasteiger partial charge < -0.3 is 25.5 Å². The first-order chi connectivity index (χ1) is 23.3. The largest absolute Gasteiger partial charge is 0.387 e. The minimum Gasteiger partial charge on any atom is -0.387 e. The number of carbonyl (C=O) groups excluding carboxylic acids is 4. The maximum absolute atomic E-state index is 14.6. The molecule has 0 aromatic heterocycles. The molecule has 5 rings (SSSR count). The van der Waals surface area contributed by atoms with E-state index < -0.39 is 53.0 Å². The normalized spacial score (nSPS) is 24.8. The molecule has 1 aromatic rings. The number of Topliss-reactive ketones (excluding diaryl/α,β-unsaturated/α-hetero) is 1. The quantitative estimate of drug-likeness (QED) is 0.133. The molecule has 2 heterocycles. The van der Waals surface area contributed by atoms with Crippen molar-refractivity contribution in [2.45, 2.75) is 147 Å². The van der Waals surface area contributed by atoms with Crippen LogP contribution < -0.4 is 16.0 Å². The highest BCUT2D eigenvalue weighted by Crippen LogP contribution is 2.40. The molecule has 1 spiro atoms. The zero-order valence-corrected chi connectivity index (χ0v) is 30.2. The lowest BCUT2D eigenvalue weighted by molar-refractivity contribution is -0.145. The lowest BCUT2D eigenvalue weighted by atomic mass is 9.85. The van der Waals surface area contributed by atoms with Gasteiger partial charge in [0.2, 0.25) is 17.6 Å². The van der Waals surface area contributed by atoms with E-state index >= 15 is 0 Å². The maximum atomic E-state index is 14.6. The van der Waals surface area contributed by atoms with E-state index in [-0.39, 0.29) is 31.3 Å². The van der Waals surface area contributed by atoms with Gasteiger partial charge in [-0.15, -0.1) is 0 Å². The monoisotopic (exact) mass is 699 g/mol. The van der Waals surface area contributed by atoms with Gasteiger partial charge in [-0.25, -0.2) is 0 Å². The molecule has 4 N–H and O–H groups in total. The number of oxime groups is 1. The number of hydrogen-bond donors (Lipinski definition) is 4. The topological polar surface area (TPSA) is 149 Å². The third kappa shape index (κ3) is 9.61. The Labute approximate surface area is 295 Å². The molecule has 4 aliphatic rings. The van der Waals surface area contributed by atoms with Crippen LogP contribution in [0.15, 0.2) is 29.4 Å². The summed E-state index contributed by atoms with van der Waals surface area (Å²) in [5.41, 5.74) is -0.138. The minimum atomic E-state index is -1.02. The summed E-state index contributed by atoms with van der Waals surface area (Å²) in [5.74, 6) is -1.87. The average molecular weight is 700 g/mol. The number of carbonyl (C=O) groups is 4. The van der Waals surface area contributed by atoms with Gasteiger partial charge in [0.05, 0.1) is 24.3 Å². The Kier molecular flexibility index (Phi) is 12.1. The number of nitrogens with one attached hydrogen (secondary N) is 3. The second kappa shape index (κ2) is 15.9.